The number of nitrogens with zero attached hydrogens (tertiary/aromatic N) is 1. The summed E-state index contributed by atoms with van der Waals surface area (Å²) in [6.45, 7) is 3.67. The van der Waals surface area contributed by atoms with Gasteiger partial charge >= 0.3 is 5.97 Å². The number of carbonyl (C=O) groups is 3. The first-order valence-electron chi connectivity index (χ1n) is 8.24. The summed E-state index contributed by atoms with van der Waals surface area (Å²) < 4.78 is 4.71. The summed E-state index contributed by atoms with van der Waals surface area (Å²) >= 11 is 0. The van der Waals surface area contributed by atoms with Crippen LogP contribution in [0.1, 0.15) is 29.3 Å². The van der Waals surface area contributed by atoms with Gasteiger partial charge in [0.05, 0.1) is 18.4 Å². The summed E-state index contributed by atoms with van der Waals surface area (Å²) in [5.41, 5.74) is 2.50. The molecular weight excluding hydrogens is 332 g/mol. The lowest BCUT2D eigenvalue weighted by Gasteiger charge is -2.21. The van der Waals surface area contributed by atoms with Gasteiger partial charge in [0.15, 0.2) is 0 Å². The van der Waals surface area contributed by atoms with Crippen molar-refractivity contribution >= 4 is 29.2 Å². The Labute approximate surface area is 152 Å². The van der Waals surface area contributed by atoms with Crippen LogP contribution in [-0.2, 0) is 14.3 Å². The van der Waals surface area contributed by atoms with Crippen LogP contribution in [0.4, 0.5) is 11.4 Å². The van der Waals surface area contributed by atoms with E-state index in [1.807, 2.05) is 31.2 Å². The normalized spacial score (nSPS) is 10.1. The fraction of sp³-hybridized carbons (Fsp3) is 0.250. The van der Waals surface area contributed by atoms with E-state index in [4.69, 9.17) is 4.74 Å². The SMILES string of the molecule is COC(=O)c1ccccc1NC(=O)CCN(C(C)=O)c1ccc(C)cc1. The largest absolute Gasteiger partial charge is 0.465 e. The molecule has 0 fully saturated rings. The molecule has 0 spiro atoms. The minimum atomic E-state index is -0.522. The van der Waals surface area contributed by atoms with Gasteiger partial charge < -0.3 is 15.0 Å². The van der Waals surface area contributed by atoms with Crippen LogP contribution in [0, 0.1) is 6.92 Å². The minimum Gasteiger partial charge on any atom is -0.465 e. The van der Waals surface area contributed by atoms with E-state index in [0.29, 0.717) is 5.69 Å². The first-order valence-corrected chi connectivity index (χ1v) is 8.24. The highest BCUT2D eigenvalue weighted by molar-refractivity contribution is 6.01. The van der Waals surface area contributed by atoms with Crippen LogP contribution in [0.2, 0.25) is 0 Å². The molecule has 0 aliphatic carbocycles. The topological polar surface area (TPSA) is 75.7 Å². The number of aryl methyl sites for hydroxylation is 1. The molecule has 136 valence electrons. The molecule has 0 atom stereocenters. The Kier molecular flexibility index (Phi) is 6.49. The molecule has 0 heterocycles. The van der Waals surface area contributed by atoms with Crippen molar-refractivity contribution in [3.63, 3.8) is 0 Å². The number of hydrogen-bond donors (Lipinski definition) is 1. The molecule has 0 bridgehead atoms. The van der Waals surface area contributed by atoms with Gasteiger partial charge in [0.2, 0.25) is 11.8 Å². The number of benzene rings is 2. The predicted octanol–water partition coefficient (Wildman–Crippen LogP) is 3.16. The van der Waals surface area contributed by atoms with Gasteiger partial charge in [-0.15, -0.1) is 0 Å². The highest BCUT2D eigenvalue weighted by Crippen LogP contribution is 2.18. The molecule has 0 aliphatic heterocycles. The second-order valence-electron chi connectivity index (χ2n) is 5.84. The fourth-order valence-electron chi connectivity index (χ4n) is 2.50. The molecule has 2 aromatic carbocycles. The van der Waals surface area contributed by atoms with Crippen molar-refractivity contribution in [2.24, 2.45) is 0 Å². The number of nitrogens with one attached hydrogen (secondary N) is 1. The van der Waals surface area contributed by atoms with Gasteiger partial charge in [-0.05, 0) is 31.2 Å². The van der Waals surface area contributed by atoms with Crippen molar-refractivity contribution in [1.29, 1.82) is 0 Å². The quantitative estimate of drug-likeness (QED) is 0.809. The van der Waals surface area contributed by atoms with Crippen LogP contribution >= 0.6 is 0 Å². The van der Waals surface area contributed by atoms with Gasteiger partial charge in [-0.2, -0.15) is 0 Å². The van der Waals surface area contributed by atoms with Crippen molar-refractivity contribution in [2.75, 3.05) is 23.9 Å². The first kappa shape index (κ1) is 19.2. The summed E-state index contributed by atoms with van der Waals surface area (Å²) in [4.78, 5) is 37.5. The van der Waals surface area contributed by atoms with E-state index in [2.05, 4.69) is 5.32 Å². The van der Waals surface area contributed by atoms with Crippen molar-refractivity contribution in [3.05, 3.63) is 59.7 Å². The number of hydrogen-bond acceptors (Lipinski definition) is 4. The first-order chi connectivity index (χ1) is 12.4. The maximum Gasteiger partial charge on any atom is 0.339 e. The van der Waals surface area contributed by atoms with Crippen molar-refractivity contribution in [2.45, 2.75) is 20.3 Å². The zero-order chi connectivity index (χ0) is 19.1. The second kappa shape index (κ2) is 8.80. The van der Waals surface area contributed by atoms with Crippen LogP contribution in [0.3, 0.4) is 0 Å². The summed E-state index contributed by atoms with van der Waals surface area (Å²) in [6.07, 6.45) is 0.100. The Morgan fingerprint density at radius 3 is 2.31 bits per heavy atom. The second-order valence-corrected chi connectivity index (χ2v) is 5.84. The van der Waals surface area contributed by atoms with Crippen molar-refractivity contribution in [1.82, 2.24) is 0 Å². The number of methoxy groups -OCH3 is 1. The third kappa shape index (κ3) is 4.92. The molecule has 1 N–H and O–H groups in total. The molecule has 2 aromatic rings. The molecular formula is C20H22N2O4. The smallest absolute Gasteiger partial charge is 0.339 e. The lowest BCUT2D eigenvalue weighted by atomic mass is 10.1. The summed E-state index contributed by atoms with van der Waals surface area (Å²) in [5.74, 6) is -0.956. The maximum absolute atomic E-state index is 12.3. The number of carbonyl (C=O) groups excluding carboxylic acids is 3. The number of para-hydroxylation sites is 1. The fourth-order valence-corrected chi connectivity index (χ4v) is 2.50. The summed E-state index contributed by atoms with van der Waals surface area (Å²) in [7, 11) is 1.28. The van der Waals surface area contributed by atoms with E-state index in [-0.39, 0.29) is 30.3 Å². The van der Waals surface area contributed by atoms with E-state index < -0.39 is 5.97 Å². The molecule has 0 aliphatic rings. The standard InChI is InChI=1S/C20H22N2O4/c1-14-8-10-16(11-9-14)22(15(2)23)13-12-19(24)21-18-7-5-4-6-17(18)20(25)26-3/h4-11H,12-13H2,1-3H3,(H,21,24). The van der Waals surface area contributed by atoms with Crippen LogP contribution in [-0.4, -0.2) is 31.4 Å². The monoisotopic (exact) mass is 354 g/mol. The van der Waals surface area contributed by atoms with Crippen LogP contribution < -0.4 is 10.2 Å². The molecule has 2 rings (SSSR count). The molecule has 0 saturated heterocycles. The minimum absolute atomic E-state index is 0.100. The number of amides is 2. The predicted molar refractivity (Wildman–Crippen MR) is 100 cm³/mol. The average molecular weight is 354 g/mol. The Hall–Kier alpha value is -3.15. The highest BCUT2D eigenvalue weighted by Gasteiger charge is 2.16. The van der Waals surface area contributed by atoms with Gasteiger partial charge in [0.25, 0.3) is 0 Å². The highest BCUT2D eigenvalue weighted by atomic mass is 16.5. The number of anilines is 2. The van der Waals surface area contributed by atoms with Crippen molar-refractivity contribution < 1.29 is 19.1 Å². The Morgan fingerprint density at radius 1 is 1.04 bits per heavy atom. The Morgan fingerprint density at radius 2 is 1.69 bits per heavy atom. The van der Waals surface area contributed by atoms with Gasteiger partial charge in [-0.25, -0.2) is 4.79 Å². The van der Waals surface area contributed by atoms with Crippen LogP contribution in [0.5, 0.6) is 0 Å². The van der Waals surface area contributed by atoms with Crippen LogP contribution in [0.15, 0.2) is 48.5 Å². The van der Waals surface area contributed by atoms with E-state index in [9.17, 15) is 14.4 Å². The third-order valence-electron chi connectivity index (χ3n) is 3.89. The van der Waals surface area contributed by atoms with Crippen LogP contribution in [0.25, 0.3) is 0 Å². The molecule has 26 heavy (non-hydrogen) atoms. The van der Waals surface area contributed by atoms with Gasteiger partial charge in [-0.3, -0.25) is 9.59 Å². The number of esters is 1. The Balaban J connectivity index is 2.04. The lowest BCUT2D eigenvalue weighted by Crippen LogP contribution is -2.32. The summed E-state index contributed by atoms with van der Waals surface area (Å²) in [6, 6.07) is 14.1. The zero-order valence-corrected chi connectivity index (χ0v) is 15.1. The lowest BCUT2D eigenvalue weighted by molar-refractivity contribution is -0.117. The van der Waals surface area contributed by atoms with Crippen molar-refractivity contribution in [3.8, 4) is 0 Å². The Bertz CT molecular complexity index is 800. The van der Waals surface area contributed by atoms with E-state index in [1.165, 1.54) is 14.0 Å². The molecule has 0 radical (unpaired) electrons. The molecule has 0 aromatic heterocycles. The molecule has 0 saturated carbocycles. The average Bonchev–Trinajstić information content (AvgIpc) is 2.63. The zero-order valence-electron chi connectivity index (χ0n) is 15.1. The third-order valence-corrected chi connectivity index (χ3v) is 3.89. The van der Waals surface area contributed by atoms with Gasteiger partial charge in [0, 0.05) is 25.6 Å². The molecule has 0 unspecified atom stereocenters. The maximum atomic E-state index is 12.3. The number of ether oxygens (including phenoxy) is 1. The molecule has 6 heteroatoms. The summed E-state index contributed by atoms with van der Waals surface area (Å²) in [5, 5.41) is 2.70. The van der Waals surface area contributed by atoms with E-state index in [1.54, 1.807) is 29.2 Å². The van der Waals surface area contributed by atoms with Gasteiger partial charge in [0.1, 0.15) is 0 Å². The number of rotatable bonds is 6. The van der Waals surface area contributed by atoms with E-state index in [0.717, 1.165) is 11.3 Å². The molecule has 2 amide bonds. The van der Waals surface area contributed by atoms with E-state index >= 15 is 0 Å². The molecule has 6 nitrogen and oxygen atoms in total. The van der Waals surface area contributed by atoms with Gasteiger partial charge in [-0.1, -0.05) is 29.8 Å².